The summed E-state index contributed by atoms with van der Waals surface area (Å²) in [6.07, 6.45) is 1.47. The number of likely N-dealkylation sites (tertiary alicyclic amines) is 1. The van der Waals surface area contributed by atoms with E-state index in [-0.39, 0.29) is 23.5 Å². The van der Waals surface area contributed by atoms with Crippen LogP contribution in [0.2, 0.25) is 5.02 Å². The van der Waals surface area contributed by atoms with Crippen LogP contribution in [0.15, 0.2) is 42.5 Å². The molecule has 0 aromatic heterocycles. The molecule has 1 aliphatic heterocycles. The van der Waals surface area contributed by atoms with Crippen molar-refractivity contribution in [2.24, 2.45) is 5.92 Å². The van der Waals surface area contributed by atoms with Crippen LogP contribution in [0.4, 0.5) is 10.1 Å². The Kier molecular flexibility index (Phi) is 5.57. The minimum absolute atomic E-state index is 0.119. The third kappa shape index (κ3) is 4.22. The van der Waals surface area contributed by atoms with Crippen LogP contribution in [-0.4, -0.2) is 29.8 Å². The summed E-state index contributed by atoms with van der Waals surface area (Å²) in [5, 5.41) is 3.47. The fraction of sp³-hybridized carbons (Fsp3) is 0.300. The lowest BCUT2D eigenvalue weighted by atomic mass is 9.96. The van der Waals surface area contributed by atoms with E-state index < -0.39 is 0 Å². The van der Waals surface area contributed by atoms with Crippen LogP contribution in [0.3, 0.4) is 0 Å². The number of anilines is 1. The summed E-state index contributed by atoms with van der Waals surface area (Å²) in [4.78, 5) is 26.9. The maximum atomic E-state index is 13.0. The van der Waals surface area contributed by atoms with E-state index in [0.717, 1.165) is 18.4 Å². The van der Waals surface area contributed by atoms with Crippen LogP contribution in [0, 0.1) is 18.7 Å². The van der Waals surface area contributed by atoms with Gasteiger partial charge in [-0.2, -0.15) is 0 Å². The van der Waals surface area contributed by atoms with Crippen LogP contribution < -0.4 is 5.32 Å². The zero-order chi connectivity index (χ0) is 18.7. The average molecular weight is 375 g/mol. The molecule has 0 radical (unpaired) electrons. The van der Waals surface area contributed by atoms with Crippen LogP contribution in [-0.2, 0) is 4.79 Å². The van der Waals surface area contributed by atoms with Gasteiger partial charge < -0.3 is 10.2 Å². The van der Waals surface area contributed by atoms with E-state index in [1.165, 1.54) is 24.3 Å². The molecule has 1 atom stereocenters. The lowest BCUT2D eigenvalue weighted by Gasteiger charge is -2.32. The topological polar surface area (TPSA) is 49.4 Å². The predicted octanol–water partition coefficient (Wildman–Crippen LogP) is 4.28. The van der Waals surface area contributed by atoms with Gasteiger partial charge in [-0.3, -0.25) is 9.59 Å². The van der Waals surface area contributed by atoms with Crippen molar-refractivity contribution < 1.29 is 14.0 Å². The largest absolute Gasteiger partial charge is 0.338 e. The van der Waals surface area contributed by atoms with Crippen molar-refractivity contribution in [2.45, 2.75) is 19.8 Å². The molecule has 0 spiro atoms. The summed E-state index contributed by atoms with van der Waals surface area (Å²) in [6, 6.07) is 10.8. The Morgan fingerprint density at radius 2 is 1.92 bits per heavy atom. The van der Waals surface area contributed by atoms with Crippen molar-refractivity contribution in [2.75, 3.05) is 18.4 Å². The van der Waals surface area contributed by atoms with Crippen molar-refractivity contribution >= 4 is 29.1 Å². The zero-order valence-electron chi connectivity index (χ0n) is 14.5. The third-order valence-electron chi connectivity index (χ3n) is 4.63. The van der Waals surface area contributed by atoms with E-state index in [4.69, 9.17) is 11.6 Å². The van der Waals surface area contributed by atoms with Gasteiger partial charge in [-0.05, 0) is 61.7 Å². The number of nitrogens with zero attached hydrogens (tertiary/aromatic N) is 1. The molecule has 6 heteroatoms. The van der Waals surface area contributed by atoms with Crippen molar-refractivity contribution in [1.82, 2.24) is 4.90 Å². The fourth-order valence-electron chi connectivity index (χ4n) is 3.11. The first-order valence-corrected chi connectivity index (χ1v) is 8.93. The van der Waals surface area contributed by atoms with Crippen molar-refractivity contribution in [3.63, 3.8) is 0 Å². The molecule has 2 amide bonds. The quantitative estimate of drug-likeness (QED) is 0.871. The molecule has 26 heavy (non-hydrogen) atoms. The standard InChI is InChI=1S/C20H20ClFN2O2/c1-13-4-7-16(21)11-18(13)23-19(25)15-3-2-10-24(12-15)20(26)14-5-8-17(22)9-6-14/h4-9,11,15H,2-3,10,12H2,1H3,(H,23,25)/t15-/m1/s1. The number of carbonyl (C=O) groups excluding carboxylic acids is 2. The van der Waals surface area contributed by atoms with E-state index in [1.54, 1.807) is 17.0 Å². The molecule has 1 aliphatic rings. The number of piperidine rings is 1. The lowest BCUT2D eigenvalue weighted by molar-refractivity contribution is -0.121. The van der Waals surface area contributed by atoms with Gasteiger partial charge in [-0.25, -0.2) is 4.39 Å². The monoisotopic (exact) mass is 374 g/mol. The van der Waals surface area contributed by atoms with E-state index in [2.05, 4.69) is 5.32 Å². The maximum absolute atomic E-state index is 13.0. The Morgan fingerprint density at radius 3 is 2.65 bits per heavy atom. The number of rotatable bonds is 3. The van der Waals surface area contributed by atoms with Crippen molar-refractivity contribution in [3.05, 3.63) is 64.4 Å². The first-order chi connectivity index (χ1) is 12.4. The first-order valence-electron chi connectivity index (χ1n) is 8.56. The summed E-state index contributed by atoms with van der Waals surface area (Å²) in [7, 11) is 0. The number of amides is 2. The van der Waals surface area contributed by atoms with E-state index in [9.17, 15) is 14.0 Å². The van der Waals surface area contributed by atoms with Crippen LogP contribution >= 0.6 is 11.6 Å². The molecule has 2 aromatic rings. The van der Waals surface area contributed by atoms with Crippen molar-refractivity contribution in [1.29, 1.82) is 0 Å². The molecule has 0 unspecified atom stereocenters. The molecule has 136 valence electrons. The van der Waals surface area contributed by atoms with Gasteiger partial charge in [-0.15, -0.1) is 0 Å². The van der Waals surface area contributed by atoms with Crippen molar-refractivity contribution in [3.8, 4) is 0 Å². The highest BCUT2D eigenvalue weighted by Crippen LogP contribution is 2.24. The van der Waals surface area contributed by atoms with Gasteiger partial charge in [0, 0.05) is 29.4 Å². The number of nitrogens with one attached hydrogen (secondary N) is 1. The summed E-state index contributed by atoms with van der Waals surface area (Å²) < 4.78 is 13.0. The fourth-order valence-corrected chi connectivity index (χ4v) is 3.29. The minimum atomic E-state index is -0.380. The highest BCUT2D eigenvalue weighted by Gasteiger charge is 2.29. The molecule has 0 aliphatic carbocycles. The van der Waals surface area contributed by atoms with Crippen LogP contribution in [0.5, 0.6) is 0 Å². The summed E-state index contributed by atoms with van der Waals surface area (Å²) in [6.45, 7) is 2.84. The second kappa shape index (κ2) is 7.87. The van der Waals surface area contributed by atoms with Gasteiger partial charge in [0.15, 0.2) is 0 Å². The number of benzene rings is 2. The second-order valence-electron chi connectivity index (χ2n) is 6.55. The number of hydrogen-bond acceptors (Lipinski definition) is 2. The Bertz CT molecular complexity index is 823. The molecule has 1 saturated heterocycles. The van der Waals surface area contributed by atoms with E-state index in [0.29, 0.717) is 29.4 Å². The normalized spacial score (nSPS) is 17.0. The highest BCUT2D eigenvalue weighted by molar-refractivity contribution is 6.31. The van der Waals surface area contributed by atoms with Gasteiger partial charge in [0.25, 0.3) is 5.91 Å². The lowest BCUT2D eigenvalue weighted by Crippen LogP contribution is -2.43. The molecule has 0 bridgehead atoms. The average Bonchev–Trinajstić information content (AvgIpc) is 2.65. The van der Waals surface area contributed by atoms with Crippen LogP contribution in [0.1, 0.15) is 28.8 Å². The molecule has 1 N–H and O–H groups in total. The Morgan fingerprint density at radius 1 is 1.19 bits per heavy atom. The summed E-state index contributed by atoms with van der Waals surface area (Å²) in [5.74, 6) is -0.964. The number of aryl methyl sites for hydroxylation is 1. The number of carbonyl (C=O) groups is 2. The highest BCUT2D eigenvalue weighted by atomic mass is 35.5. The third-order valence-corrected chi connectivity index (χ3v) is 4.86. The Hall–Kier alpha value is -2.40. The van der Waals surface area contributed by atoms with Gasteiger partial charge >= 0.3 is 0 Å². The number of halogens is 2. The first kappa shape index (κ1) is 18.4. The summed E-state index contributed by atoms with van der Waals surface area (Å²) >= 11 is 6.00. The molecule has 3 rings (SSSR count). The SMILES string of the molecule is Cc1ccc(Cl)cc1NC(=O)[C@@H]1CCCN(C(=O)c2ccc(F)cc2)C1. The molecular formula is C20H20ClFN2O2. The van der Waals surface area contributed by atoms with Crippen LogP contribution in [0.25, 0.3) is 0 Å². The molecule has 1 fully saturated rings. The van der Waals surface area contributed by atoms with E-state index in [1.807, 2.05) is 13.0 Å². The second-order valence-corrected chi connectivity index (χ2v) is 6.98. The Balaban J connectivity index is 1.67. The van der Waals surface area contributed by atoms with E-state index >= 15 is 0 Å². The molecule has 0 saturated carbocycles. The molecule has 2 aromatic carbocycles. The number of hydrogen-bond donors (Lipinski definition) is 1. The predicted molar refractivity (Wildman–Crippen MR) is 99.8 cm³/mol. The molecule has 1 heterocycles. The molecular weight excluding hydrogens is 355 g/mol. The van der Waals surface area contributed by atoms with Gasteiger partial charge in [-0.1, -0.05) is 17.7 Å². The minimum Gasteiger partial charge on any atom is -0.338 e. The van der Waals surface area contributed by atoms with Gasteiger partial charge in [0.1, 0.15) is 5.82 Å². The summed E-state index contributed by atoms with van der Waals surface area (Å²) in [5.41, 5.74) is 2.04. The van der Waals surface area contributed by atoms with Gasteiger partial charge in [0.2, 0.25) is 5.91 Å². The maximum Gasteiger partial charge on any atom is 0.253 e. The molecule has 4 nitrogen and oxygen atoms in total. The smallest absolute Gasteiger partial charge is 0.253 e. The Labute approximate surface area is 157 Å². The zero-order valence-corrected chi connectivity index (χ0v) is 15.2. The van der Waals surface area contributed by atoms with Gasteiger partial charge in [0.05, 0.1) is 5.92 Å².